The molecule has 2 bridgehead atoms. The minimum atomic E-state index is 0.776. The first kappa shape index (κ1) is 15.6. The van der Waals surface area contributed by atoms with Crippen molar-refractivity contribution in [3.63, 3.8) is 0 Å². The summed E-state index contributed by atoms with van der Waals surface area (Å²) >= 11 is 0. The molecular weight excluding hydrogens is 306 g/mol. The smallest absolute Gasteiger partial charge is 0.159 e. The molecular formula is C22H21N3. The van der Waals surface area contributed by atoms with Crippen LogP contribution in [0.4, 0.5) is 0 Å². The highest BCUT2D eigenvalue weighted by Gasteiger charge is 2.15. The van der Waals surface area contributed by atoms with E-state index in [0.717, 1.165) is 42.1 Å². The van der Waals surface area contributed by atoms with Crippen molar-refractivity contribution in [3.8, 4) is 0 Å². The molecule has 3 nitrogen and oxygen atoms in total. The van der Waals surface area contributed by atoms with Gasteiger partial charge in [0.25, 0.3) is 0 Å². The lowest BCUT2D eigenvalue weighted by atomic mass is 10.1. The van der Waals surface area contributed by atoms with Crippen LogP contribution >= 0.6 is 0 Å². The van der Waals surface area contributed by atoms with Crippen molar-refractivity contribution < 1.29 is 0 Å². The van der Waals surface area contributed by atoms with Gasteiger partial charge in [0.15, 0.2) is 5.84 Å². The van der Waals surface area contributed by atoms with E-state index in [9.17, 15) is 0 Å². The van der Waals surface area contributed by atoms with Crippen molar-refractivity contribution in [2.24, 2.45) is 9.98 Å². The Morgan fingerprint density at radius 1 is 1.04 bits per heavy atom. The topological polar surface area (TPSA) is 28.0 Å². The van der Waals surface area contributed by atoms with Gasteiger partial charge in [0.2, 0.25) is 0 Å². The second kappa shape index (κ2) is 6.89. The van der Waals surface area contributed by atoms with Crippen molar-refractivity contribution in [3.05, 3.63) is 95.6 Å². The zero-order valence-electron chi connectivity index (χ0n) is 14.4. The van der Waals surface area contributed by atoms with E-state index < -0.39 is 0 Å². The second-order valence-corrected chi connectivity index (χ2v) is 6.38. The number of amidine groups is 1. The molecule has 0 saturated heterocycles. The first-order valence-electron chi connectivity index (χ1n) is 8.72. The molecule has 25 heavy (non-hydrogen) atoms. The fourth-order valence-corrected chi connectivity index (χ4v) is 3.16. The van der Waals surface area contributed by atoms with Crippen LogP contribution in [0.1, 0.15) is 31.7 Å². The Kier molecular flexibility index (Phi) is 4.30. The van der Waals surface area contributed by atoms with Gasteiger partial charge in [0.1, 0.15) is 0 Å². The van der Waals surface area contributed by atoms with E-state index in [2.05, 4.69) is 53.4 Å². The molecule has 1 aromatic rings. The highest BCUT2D eigenvalue weighted by molar-refractivity contribution is 6.12. The van der Waals surface area contributed by atoms with E-state index in [-0.39, 0.29) is 0 Å². The summed E-state index contributed by atoms with van der Waals surface area (Å²) in [6.07, 6.45) is 18.1. The summed E-state index contributed by atoms with van der Waals surface area (Å²) in [5.41, 5.74) is 5.68. The van der Waals surface area contributed by atoms with Crippen molar-refractivity contribution in [2.75, 3.05) is 0 Å². The molecule has 124 valence electrons. The molecule has 0 spiro atoms. The molecule has 0 aromatic heterocycles. The number of fused-ring (bicyclic) bond motifs is 2. The first-order chi connectivity index (χ1) is 12.3. The lowest BCUT2D eigenvalue weighted by molar-refractivity contribution is 0.594. The Labute approximate surface area is 148 Å². The number of hydrogen-bond donors (Lipinski definition) is 0. The minimum Gasteiger partial charge on any atom is -0.322 e. The van der Waals surface area contributed by atoms with Crippen molar-refractivity contribution in [1.29, 1.82) is 0 Å². The summed E-state index contributed by atoms with van der Waals surface area (Å²) in [4.78, 5) is 11.7. The fraction of sp³-hybridized carbons (Fsp3) is 0.182. The van der Waals surface area contributed by atoms with Gasteiger partial charge in [0.05, 0.1) is 0 Å². The summed E-state index contributed by atoms with van der Waals surface area (Å²) in [6.45, 7) is 2.16. The van der Waals surface area contributed by atoms with Crippen LogP contribution in [0.5, 0.6) is 0 Å². The van der Waals surface area contributed by atoms with Crippen molar-refractivity contribution in [1.82, 2.24) is 4.90 Å². The molecule has 1 aromatic carbocycles. The summed E-state index contributed by atoms with van der Waals surface area (Å²) in [7, 11) is 0. The van der Waals surface area contributed by atoms with Crippen molar-refractivity contribution >= 4 is 11.5 Å². The predicted molar refractivity (Wildman–Crippen MR) is 104 cm³/mol. The predicted octanol–water partition coefficient (Wildman–Crippen LogP) is 5.13. The van der Waals surface area contributed by atoms with Gasteiger partial charge < -0.3 is 4.90 Å². The third kappa shape index (κ3) is 3.45. The van der Waals surface area contributed by atoms with Crippen LogP contribution < -0.4 is 0 Å². The van der Waals surface area contributed by atoms with Gasteiger partial charge >= 0.3 is 0 Å². The minimum absolute atomic E-state index is 0.776. The molecule has 2 aliphatic heterocycles. The number of hydrogen-bond acceptors (Lipinski definition) is 3. The van der Waals surface area contributed by atoms with E-state index in [4.69, 9.17) is 4.99 Å². The molecule has 1 aliphatic carbocycles. The third-order valence-electron chi connectivity index (χ3n) is 4.48. The zero-order chi connectivity index (χ0) is 17.1. The van der Waals surface area contributed by atoms with E-state index in [1.807, 2.05) is 36.5 Å². The van der Waals surface area contributed by atoms with Crippen LogP contribution in [0.25, 0.3) is 0 Å². The highest BCUT2D eigenvalue weighted by Crippen LogP contribution is 2.25. The summed E-state index contributed by atoms with van der Waals surface area (Å²) in [6, 6.07) is 10.1. The normalized spacial score (nSPS) is 19.7. The van der Waals surface area contributed by atoms with E-state index in [0.29, 0.717) is 0 Å². The molecule has 0 unspecified atom stereocenters. The van der Waals surface area contributed by atoms with E-state index in [1.165, 1.54) is 11.3 Å². The summed E-state index contributed by atoms with van der Waals surface area (Å²) in [5.74, 6) is 0.776. The van der Waals surface area contributed by atoms with E-state index >= 15 is 0 Å². The molecule has 3 aliphatic rings. The number of nitrogens with zero attached hydrogens (tertiary/aromatic N) is 3. The Hall–Kier alpha value is -2.94. The SMILES string of the molecule is CC1=CCCC=CN1C1=CC2=CN=C(c3ccccc3)N=C(C=C1)C2. The Morgan fingerprint density at radius 2 is 1.92 bits per heavy atom. The zero-order valence-corrected chi connectivity index (χ0v) is 14.4. The van der Waals surface area contributed by atoms with Crippen LogP contribution in [-0.2, 0) is 0 Å². The lowest BCUT2D eigenvalue weighted by Gasteiger charge is -2.21. The molecule has 4 rings (SSSR count). The maximum absolute atomic E-state index is 4.79. The van der Waals surface area contributed by atoms with Gasteiger partial charge in [-0.25, -0.2) is 9.98 Å². The van der Waals surface area contributed by atoms with Gasteiger partial charge in [-0.05, 0) is 43.6 Å². The molecule has 0 amide bonds. The van der Waals surface area contributed by atoms with Crippen LogP contribution in [0, 0.1) is 0 Å². The van der Waals surface area contributed by atoms with Gasteiger partial charge in [0, 0.05) is 41.5 Å². The molecule has 3 heteroatoms. The number of allylic oxidation sites excluding steroid dienone is 7. The standard InChI is InChI=1S/C22H21N3/c1-17-8-4-3-7-13-25(17)21-12-11-20-14-18(15-21)16-23-22(24-20)19-9-5-2-6-10-19/h2,5-13,15-16H,3-4,14H2,1H3. The van der Waals surface area contributed by atoms with Crippen LogP contribution in [0.15, 0.2) is 100 Å². The van der Waals surface area contributed by atoms with Crippen LogP contribution in [0.3, 0.4) is 0 Å². The average molecular weight is 327 g/mol. The maximum atomic E-state index is 4.79. The van der Waals surface area contributed by atoms with Gasteiger partial charge in [-0.2, -0.15) is 0 Å². The summed E-state index contributed by atoms with van der Waals surface area (Å²) < 4.78 is 0. The fourth-order valence-electron chi connectivity index (χ4n) is 3.16. The Bertz CT molecular complexity index is 877. The average Bonchev–Trinajstić information content (AvgIpc) is 3.06. The van der Waals surface area contributed by atoms with E-state index in [1.54, 1.807) is 0 Å². The van der Waals surface area contributed by atoms with Crippen LogP contribution in [-0.4, -0.2) is 16.4 Å². The number of rotatable bonds is 2. The monoisotopic (exact) mass is 327 g/mol. The van der Waals surface area contributed by atoms with Crippen LogP contribution in [0.2, 0.25) is 0 Å². The number of benzene rings is 1. The molecule has 0 atom stereocenters. The Morgan fingerprint density at radius 3 is 2.80 bits per heavy atom. The second-order valence-electron chi connectivity index (χ2n) is 6.38. The lowest BCUT2D eigenvalue weighted by Crippen LogP contribution is -2.12. The van der Waals surface area contributed by atoms with Gasteiger partial charge in [-0.3, -0.25) is 0 Å². The molecule has 0 radical (unpaired) electrons. The maximum Gasteiger partial charge on any atom is 0.159 e. The van der Waals surface area contributed by atoms with Gasteiger partial charge in [-0.1, -0.05) is 42.5 Å². The molecule has 0 N–H and O–H groups in total. The number of aliphatic imine (C=N–C) groups is 2. The molecule has 2 heterocycles. The molecule has 0 fully saturated rings. The van der Waals surface area contributed by atoms with Gasteiger partial charge in [-0.15, -0.1) is 0 Å². The van der Waals surface area contributed by atoms with Crippen molar-refractivity contribution in [2.45, 2.75) is 26.2 Å². The first-order valence-corrected chi connectivity index (χ1v) is 8.72. The molecule has 0 saturated carbocycles. The third-order valence-corrected chi connectivity index (χ3v) is 4.48. The largest absolute Gasteiger partial charge is 0.322 e. The Balaban J connectivity index is 1.72. The quantitative estimate of drug-likeness (QED) is 0.740. The highest BCUT2D eigenvalue weighted by atomic mass is 15.1. The summed E-state index contributed by atoms with van der Waals surface area (Å²) in [5, 5.41) is 0.